The van der Waals surface area contributed by atoms with Gasteiger partial charge in [0.05, 0.1) is 12.7 Å². The van der Waals surface area contributed by atoms with Gasteiger partial charge >= 0.3 is 0 Å². The van der Waals surface area contributed by atoms with E-state index in [1.807, 2.05) is 0 Å². The van der Waals surface area contributed by atoms with Gasteiger partial charge in [-0.05, 0) is 25.0 Å². The van der Waals surface area contributed by atoms with Crippen LogP contribution < -0.4 is 10.1 Å². The quantitative estimate of drug-likeness (QED) is 0.569. The zero-order chi connectivity index (χ0) is 14.1. The minimum atomic E-state index is -0.249. The van der Waals surface area contributed by atoms with Gasteiger partial charge in [-0.3, -0.25) is 4.79 Å². The number of ether oxygens (including phenoxy) is 1. The van der Waals surface area contributed by atoms with Gasteiger partial charge in [-0.1, -0.05) is 28.8 Å². The number of carbonyl (C=O) groups excluding carboxylic acids is 1. The Morgan fingerprint density at radius 1 is 1.32 bits per heavy atom. The lowest BCUT2D eigenvalue weighted by Crippen LogP contribution is -2.24. The Labute approximate surface area is 122 Å². The van der Waals surface area contributed by atoms with Gasteiger partial charge in [0.2, 0.25) is 0 Å². The lowest BCUT2D eigenvalue weighted by Gasteiger charge is -2.08. The number of nitrogens with one attached hydrogen (secondary N) is 1. The average molecular weight is 330 g/mol. The van der Waals surface area contributed by atoms with Crippen molar-refractivity contribution in [3.05, 3.63) is 23.8 Å². The van der Waals surface area contributed by atoms with E-state index in [-0.39, 0.29) is 17.2 Å². The topological polar surface area (TPSA) is 58.6 Å². The Morgan fingerprint density at radius 2 is 2.05 bits per heavy atom. The lowest BCUT2D eigenvalue weighted by molar-refractivity contribution is 0.0950. The first kappa shape index (κ1) is 15.8. The van der Waals surface area contributed by atoms with Crippen LogP contribution in [0.1, 0.15) is 36.0 Å². The van der Waals surface area contributed by atoms with E-state index in [0.717, 1.165) is 31.0 Å². The van der Waals surface area contributed by atoms with Gasteiger partial charge in [-0.15, -0.1) is 0 Å². The fourth-order valence-electron chi connectivity index (χ4n) is 1.70. The molecule has 1 aromatic carbocycles. The summed E-state index contributed by atoms with van der Waals surface area (Å²) in [5.74, 6) is 0.223. The zero-order valence-electron chi connectivity index (χ0n) is 11.1. The summed E-state index contributed by atoms with van der Waals surface area (Å²) in [7, 11) is 1.52. The first-order valence-corrected chi connectivity index (χ1v) is 7.52. The first-order chi connectivity index (χ1) is 9.19. The number of carbonyl (C=O) groups is 1. The summed E-state index contributed by atoms with van der Waals surface area (Å²) < 4.78 is 4.97. The molecule has 4 nitrogen and oxygen atoms in total. The normalized spacial score (nSPS) is 10.2. The third kappa shape index (κ3) is 5.51. The van der Waals surface area contributed by atoms with E-state index in [2.05, 4.69) is 21.2 Å². The van der Waals surface area contributed by atoms with Crippen LogP contribution in [0.25, 0.3) is 0 Å². The number of amides is 1. The summed E-state index contributed by atoms with van der Waals surface area (Å²) in [5.41, 5.74) is 0.279. The van der Waals surface area contributed by atoms with Crippen molar-refractivity contribution in [3.63, 3.8) is 0 Å². The number of methoxy groups -OCH3 is 1. The first-order valence-electron chi connectivity index (χ1n) is 6.40. The molecule has 1 amide bonds. The summed E-state index contributed by atoms with van der Waals surface area (Å²) in [4.78, 5) is 11.8. The summed E-state index contributed by atoms with van der Waals surface area (Å²) in [6.07, 6.45) is 4.37. The van der Waals surface area contributed by atoms with E-state index in [1.54, 1.807) is 12.1 Å². The molecule has 0 saturated heterocycles. The van der Waals surface area contributed by atoms with E-state index in [1.165, 1.54) is 13.2 Å². The zero-order valence-corrected chi connectivity index (χ0v) is 12.7. The molecule has 1 rings (SSSR count). The van der Waals surface area contributed by atoms with E-state index >= 15 is 0 Å². The number of alkyl halides is 1. The van der Waals surface area contributed by atoms with Crippen LogP contribution in [0.5, 0.6) is 11.5 Å². The minimum Gasteiger partial charge on any atom is -0.507 e. The predicted octanol–water partition coefficient (Wildman–Crippen LogP) is 3.09. The van der Waals surface area contributed by atoms with Crippen LogP contribution in [0.2, 0.25) is 0 Å². The maximum atomic E-state index is 11.8. The lowest BCUT2D eigenvalue weighted by atomic mass is 10.1. The summed E-state index contributed by atoms with van der Waals surface area (Å²) in [5, 5.41) is 13.5. The molecule has 19 heavy (non-hydrogen) atoms. The Morgan fingerprint density at radius 3 is 2.68 bits per heavy atom. The Bertz CT molecular complexity index is 410. The average Bonchev–Trinajstić information content (AvgIpc) is 2.42. The molecule has 0 heterocycles. The molecule has 0 unspecified atom stereocenters. The van der Waals surface area contributed by atoms with Crippen molar-refractivity contribution in [3.8, 4) is 11.5 Å². The number of benzene rings is 1. The highest BCUT2D eigenvalue weighted by molar-refractivity contribution is 9.09. The van der Waals surface area contributed by atoms with E-state index < -0.39 is 0 Å². The summed E-state index contributed by atoms with van der Waals surface area (Å²) in [6, 6.07) is 4.66. The van der Waals surface area contributed by atoms with Crippen LogP contribution in [0.3, 0.4) is 0 Å². The van der Waals surface area contributed by atoms with Crippen LogP contribution in [-0.4, -0.2) is 30.0 Å². The Balaban J connectivity index is 2.37. The van der Waals surface area contributed by atoms with Crippen molar-refractivity contribution in [1.29, 1.82) is 0 Å². The highest BCUT2D eigenvalue weighted by Crippen LogP contribution is 2.23. The van der Waals surface area contributed by atoms with Crippen LogP contribution in [0.4, 0.5) is 0 Å². The molecule has 2 N–H and O–H groups in total. The van der Waals surface area contributed by atoms with Gasteiger partial charge in [-0.2, -0.15) is 0 Å². The molecule has 5 heteroatoms. The number of rotatable bonds is 8. The summed E-state index contributed by atoms with van der Waals surface area (Å²) in [6.45, 7) is 0.632. The number of phenolic OH excluding ortho intramolecular Hbond substituents is 1. The molecule has 0 aromatic heterocycles. The van der Waals surface area contributed by atoms with Crippen molar-refractivity contribution in [2.45, 2.75) is 25.7 Å². The molecule has 0 saturated carbocycles. The molecule has 106 valence electrons. The molecular formula is C14H20BrNO3. The van der Waals surface area contributed by atoms with Gasteiger partial charge in [0.15, 0.2) is 0 Å². The molecule has 0 aliphatic heterocycles. The highest BCUT2D eigenvalue weighted by Gasteiger charge is 2.11. The molecule has 0 fully saturated rings. The smallest absolute Gasteiger partial charge is 0.255 e. The number of hydrogen-bond donors (Lipinski definition) is 2. The van der Waals surface area contributed by atoms with Gasteiger partial charge < -0.3 is 15.2 Å². The molecule has 0 aliphatic rings. The fraction of sp³-hybridized carbons (Fsp3) is 0.500. The molecule has 0 aliphatic carbocycles. The summed E-state index contributed by atoms with van der Waals surface area (Å²) >= 11 is 3.38. The largest absolute Gasteiger partial charge is 0.507 e. The van der Waals surface area contributed by atoms with Crippen molar-refractivity contribution < 1.29 is 14.6 Å². The van der Waals surface area contributed by atoms with Crippen molar-refractivity contribution >= 4 is 21.8 Å². The SMILES string of the molecule is COc1ccc(C(=O)NCCCCCCBr)c(O)c1. The standard InChI is InChI=1S/C14H20BrNO3/c1-19-11-6-7-12(13(17)10-11)14(18)16-9-5-3-2-4-8-15/h6-7,10,17H,2-5,8-9H2,1H3,(H,16,18). The van der Waals surface area contributed by atoms with E-state index in [0.29, 0.717) is 12.3 Å². The second kappa shape index (κ2) is 8.80. The number of unbranched alkanes of at least 4 members (excludes halogenated alkanes) is 3. The Kier molecular flexibility index (Phi) is 7.33. The molecule has 0 atom stereocenters. The van der Waals surface area contributed by atoms with Gasteiger partial charge in [0, 0.05) is 17.9 Å². The number of halogens is 1. The molecule has 0 spiro atoms. The maximum Gasteiger partial charge on any atom is 0.255 e. The van der Waals surface area contributed by atoms with Gasteiger partial charge in [0.1, 0.15) is 11.5 Å². The number of phenols is 1. The van der Waals surface area contributed by atoms with Crippen LogP contribution in [-0.2, 0) is 0 Å². The predicted molar refractivity (Wildman–Crippen MR) is 79.3 cm³/mol. The van der Waals surface area contributed by atoms with Crippen LogP contribution in [0, 0.1) is 0 Å². The molecular weight excluding hydrogens is 310 g/mol. The molecule has 1 aromatic rings. The number of hydrogen-bond acceptors (Lipinski definition) is 3. The van der Waals surface area contributed by atoms with E-state index in [4.69, 9.17) is 4.74 Å². The number of aromatic hydroxyl groups is 1. The van der Waals surface area contributed by atoms with Crippen LogP contribution in [0.15, 0.2) is 18.2 Å². The third-order valence-corrected chi connectivity index (χ3v) is 3.36. The van der Waals surface area contributed by atoms with Gasteiger partial charge in [0.25, 0.3) is 5.91 Å². The highest BCUT2D eigenvalue weighted by atomic mass is 79.9. The fourth-order valence-corrected chi connectivity index (χ4v) is 2.10. The van der Waals surface area contributed by atoms with Crippen LogP contribution >= 0.6 is 15.9 Å². The third-order valence-electron chi connectivity index (χ3n) is 2.80. The second-order valence-corrected chi connectivity index (χ2v) is 5.04. The van der Waals surface area contributed by atoms with Crippen molar-refractivity contribution in [2.24, 2.45) is 0 Å². The Hall–Kier alpha value is -1.23. The molecule has 0 radical (unpaired) electrons. The van der Waals surface area contributed by atoms with Gasteiger partial charge in [-0.25, -0.2) is 0 Å². The molecule has 0 bridgehead atoms. The van der Waals surface area contributed by atoms with E-state index in [9.17, 15) is 9.90 Å². The van der Waals surface area contributed by atoms with Crippen molar-refractivity contribution in [1.82, 2.24) is 5.32 Å². The second-order valence-electron chi connectivity index (χ2n) is 4.24. The monoisotopic (exact) mass is 329 g/mol. The minimum absolute atomic E-state index is 0.0591. The maximum absolute atomic E-state index is 11.8. The van der Waals surface area contributed by atoms with Crippen molar-refractivity contribution in [2.75, 3.05) is 19.0 Å².